The van der Waals surface area contributed by atoms with Crippen molar-refractivity contribution in [1.29, 1.82) is 0 Å². The zero-order chi connectivity index (χ0) is 24.5. The Kier molecular flexibility index (Phi) is 8.95. The van der Waals surface area contributed by atoms with Gasteiger partial charge in [0, 0.05) is 25.7 Å². The van der Waals surface area contributed by atoms with Crippen molar-refractivity contribution in [2.24, 2.45) is 0 Å². The Balaban J connectivity index is 2.20. The predicted octanol–water partition coefficient (Wildman–Crippen LogP) is 0.735. The Morgan fingerprint density at radius 3 is 1.73 bits per heavy atom. The van der Waals surface area contributed by atoms with Gasteiger partial charge in [-0.1, -0.05) is 12.1 Å². The summed E-state index contributed by atoms with van der Waals surface area (Å²) in [6.07, 6.45) is 0. The molecule has 1 unspecified atom stereocenters. The average molecular weight is 460 g/mol. The average Bonchev–Trinajstić information content (AvgIpc) is 2.72. The number of carbonyl (C=O) groups is 4. The van der Waals surface area contributed by atoms with Crippen molar-refractivity contribution in [2.45, 2.75) is 26.1 Å². The van der Waals surface area contributed by atoms with E-state index in [0.717, 1.165) is 0 Å². The molecular formula is C21H24N4O8. The van der Waals surface area contributed by atoms with Crippen molar-refractivity contribution >= 4 is 23.9 Å². The van der Waals surface area contributed by atoms with Crippen LogP contribution in [0.5, 0.6) is 0 Å². The Morgan fingerprint density at radius 1 is 0.788 bits per heavy atom. The quantitative estimate of drug-likeness (QED) is 0.329. The van der Waals surface area contributed by atoms with E-state index in [1.54, 1.807) is 19.1 Å². The van der Waals surface area contributed by atoms with Crippen LogP contribution >= 0.6 is 0 Å². The van der Waals surface area contributed by atoms with Crippen molar-refractivity contribution in [3.05, 3.63) is 59.2 Å². The number of rotatable bonds is 13. The van der Waals surface area contributed by atoms with E-state index in [9.17, 15) is 29.4 Å². The maximum Gasteiger partial charge on any atom is 0.354 e. The fraction of sp³-hybridized carbons (Fsp3) is 0.333. The zero-order valence-electron chi connectivity index (χ0n) is 17.8. The van der Waals surface area contributed by atoms with E-state index >= 15 is 0 Å². The molecule has 2 aromatic heterocycles. The summed E-state index contributed by atoms with van der Waals surface area (Å²) in [6.45, 7) is 1.13. The highest BCUT2D eigenvalue weighted by Gasteiger charge is 2.23. The van der Waals surface area contributed by atoms with Gasteiger partial charge >= 0.3 is 23.9 Å². The van der Waals surface area contributed by atoms with Crippen molar-refractivity contribution in [2.75, 3.05) is 19.6 Å². The number of carboxylic acid groups (broad SMARTS) is 4. The molecule has 33 heavy (non-hydrogen) atoms. The lowest BCUT2D eigenvalue weighted by Gasteiger charge is -2.31. The molecule has 2 rings (SSSR count). The second kappa shape index (κ2) is 11.6. The first kappa shape index (κ1) is 25.4. The molecule has 176 valence electrons. The van der Waals surface area contributed by atoms with Crippen molar-refractivity contribution < 1.29 is 39.6 Å². The van der Waals surface area contributed by atoms with Crippen molar-refractivity contribution in [3.63, 3.8) is 0 Å². The summed E-state index contributed by atoms with van der Waals surface area (Å²) >= 11 is 0. The summed E-state index contributed by atoms with van der Waals surface area (Å²) in [5.41, 5.74) is 0.354. The molecule has 2 heterocycles. The highest BCUT2D eigenvalue weighted by molar-refractivity contribution is 5.85. The minimum atomic E-state index is -1.21. The molecule has 0 aliphatic heterocycles. The van der Waals surface area contributed by atoms with Gasteiger partial charge in [0.15, 0.2) is 0 Å². The standard InChI is InChI=1S/C21H24N4O8/c1-13(25(12-19(28)29)10-15-5-3-7-17(23-15)21(32)33)8-24(11-18(26)27)9-14-4-2-6-16(22-14)20(30)31/h2-7,13H,8-12H2,1H3,(H,26,27)(H,28,29)(H,30,31)(H,32,33). The van der Waals surface area contributed by atoms with Crippen LogP contribution < -0.4 is 0 Å². The second-order valence-corrected chi connectivity index (χ2v) is 7.35. The lowest BCUT2D eigenvalue weighted by atomic mass is 10.2. The summed E-state index contributed by atoms with van der Waals surface area (Å²) in [7, 11) is 0. The van der Waals surface area contributed by atoms with Gasteiger partial charge in [-0.05, 0) is 31.2 Å². The molecule has 0 radical (unpaired) electrons. The molecule has 1 atom stereocenters. The maximum atomic E-state index is 11.4. The molecule has 0 aliphatic rings. The molecule has 0 saturated heterocycles. The molecule has 0 bridgehead atoms. The summed E-state index contributed by atoms with van der Waals surface area (Å²) in [4.78, 5) is 56.2. The third-order valence-electron chi connectivity index (χ3n) is 4.65. The summed E-state index contributed by atoms with van der Waals surface area (Å²) in [5.74, 6) is -4.65. The molecule has 2 aromatic rings. The Hall–Kier alpha value is -3.90. The number of pyridine rings is 2. The first-order valence-electron chi connectivity index (χ1n) is 9.83. The number of carboxylic acids is 4. The van der Waals surface area contributed by atoms with Gasteiger partial charge in [0.05, 0.1) is 24.5 Å². The Morgan fingerprint density at radius 2 is 1.27 bits per heavy atom. The van der Waals surface area contributed by atoms with E-state index in [1.807, 2.05) is 0 Å². The van der Waals surface area contributed by atoms with Crippen LogP contribution in [0.15, 0.2) is 36.4 Å². The smallest absolute Gasteiger partial charge is 0.354 e. The van der Waals surface area contributed by atoms with Gasteiger partial charge in [0.1, 0.15) is 11.4 Å². The number of aromatic carboxylic acids is 2. The molecule has 12 heteroatoms. The summed E-state index contributed by atoms with van der Waals surface area (Å²) < 4.78 is 0. The lowest BCUT2D eigenvalue weighted by molar-refractivity contribution is -0.141. The first-order valence-corrected chi connectivity index (χ1v) is 9.83. The molecule has 0 fully saturated rings. The third kappa shape index (κ3) is 8.27. The van der Waals surface area contributed by atoms with Gasteiger partial charge < -0.3 is 20.4 Å². The first-order chi connectivity index (χ1) is 15.5. The van der Waals surface area contributed by atoms with Crippen LogP contribution in [0, 0.1) is 0 Å². The van der Waals surface area contributed by atoms with Crippen LogP contribution in [-0.4, -0.2) is 89.7 Å². The molecule has 0 aromatic carbocycles. The predicted molar refractivity (Wildman–Crippen MR) is 113 cm³/mol. The van der Waals surface area contributed by atoms with Crippen LogP contribution in [0.25, 0.3) is 0 Å². The monoisotopic (exact) mass is 460 g/mol. The zero-order valence-corrected chi connectivity index (χ0v) is 17.8. The van der Waals surface area contributed by atoms with E-state index in [0.29, 0.717) is 11.4 Å². The largest absolute Gasteiger partial charge is 0.480 e. The maximum absolute atomic E-state index is 11.4. The molecule has 0 saturated carbocycles. The van der Waals surface area contributed by atoms with Crippen molar-refractivity contribution in [1.82, 2.24) is 19.8 Å². The van der Waals surface area contributed by atoms with Crippen LogP contribution in [0.4, 0.5) is 0 Å². The number of nitrogens with zero attached hydrogens (tertiary/aromatic N) is 4. The molecule has 12 nitrogen and oxygen atoms in total. The number of aromatic nitrogens is 2. The van der Waals surface area contributed by atoms with E-state index < -0.39 is 29.9 Å². The van der Waals surface area contributed by atoms with Gasteiger partial charge in [0.25, 0.3) is 0 Å². The highest BCUT2D eigenvalue weighted by Crippen LogP contribution is 2.12. The van der Waals surface area contributed by atoms with E-state index in [-0.39, 0.29) is 44.1 Å². The highest BCUT2D eigenvalue weighted by atomic mass is 16.4. The Labute approximate surface area is 188 Å². The van der Waals surface area contributed by atoms with E-state index in [1.165, 1.54) is 34.1 Å². The fourth-order valence-corrected chi connectivity index (χ4v) is 3.22. The minimum Gasteiger partial charge on any atom is -0.480 e. The van der Waals surface area contributed by atoms with E-state index in [4.69, 9.17) is 10.2 Å². The molecule has 0 aliphatic carbocycles. The summed E-state index contributed by atoms with van der Waals surface area (Å²) in [5, 5.41) is 36.8. The Bertz CT molecular complexity index is 1030. The number of aliphatic carboxylic acids is 2. The number of hydrogen-bond donors (Lipinski definition) is 4. The van der Waals surface area contributed by atoms with Crippen molar-refractivity contribution in [3.8, 4) is 0 Å². The SMILES string of the molecule is CC(CN(CC(=O)O)Cc1cccc(C(=O)O)n1)N(CC(=O)O)Cc1cccc(C(=O)O)n1. The fourth-order valence-electron chi connectivity index (χ4n) is 3.22. The second-order valence-electron chi connectivity index (χ2n) is 7.35. The topological polar surface area (TPSA) is 181 Å². The van der Waals surface area contributed by atoms with Crippen LogP contribution in [0.3, 0.4) is 0 Å². The molecular weight excluding hydrogens is 436 g/mol. The van der Waals surface area contributed by atoms with Gasteiger partial charge in [-0.3, -0.25) is 19.4 Å². The normalized spacial score (nSPS) is 12.0. The minimum absolute atomic E-state index is 0.0300. The van der Waals surface area contributed by atoms with Crippen LogP contribution in [0.2, 0.25) is 0 Å². The lowest BCUT2D eigenvalue weighted by Crippen LogP contribution is -2.45. The van der Waals surface area contributed by atoms with Gasteiger partial charge in [0.2, 0.25) is 0 Å². The van der Waals surface area contributed by atoms with Crippen LogP contribution in [0.1, 0.15) is 39.3 Å². The molecule has 0 amide bonds. The number of hydrogen-bond acceptors (Lipinski definition) is 8. The molecule has 0 spiro atoms. The van der Waals surface area contributed by atoms with Gasteiger partial charge in [-0.2, -0.15) is 0 Å². The van der Waals surface area contributed by atoms with E-state index in [2.05, 4.69) is 9.97 Å². The van der Waals surface area contributed by atoms with Crippen LogP contribution in [-0.2, 0) is 22.7 Å². The molecule has 4 N–H and O–H groups in total. The van der Waals surface area contributed by atoms with Gasteiger partial charge in [-0.25, -0.2) is 19.6 Å². The summed E-state index contributed by atoms with van der Waals surface area (Å²) in [6, 6.07) is 8.33. The van der Waals surface area contributed by atoms with Gasteiger partial charge in [-0.15, -0.1) is 0 Å². The third-order valence-corrected chi connectivity index (χ3v) is 4.65.